The summed E-state index contributed by atoms with van der Waals surface area (Å²) in [6.45, 7) is 2.91. The zero-order valence-corrected chi connectivity index (χ0v) is 20.0. The number of nitrogens with one attached hydrogen (secondary N) is 2. The van der Waals surface area contributed by atoms with Crippen molar-refractivity contribution >= 4 is 45.6 Å². The van der Waals surface area contributed by atoms with Crippen LogP contribution in [0.2, 0.25) is 5.02 Å². The molecule has 1 aliphatic heterocycles. The molecule has 1 saturated carbocycles. The molecule has 2 N–H and O–H groups in total. The van der Waals surface area contributed by atoms with Crippen LogP contribution >= 0.6 is 11.6 Å². The van der Waals surface area contributed by atoms with Crippen molar-refractivity contribution in [3.8, 4) is 5.75 Å². The van der Waals surface area contributed by atoms with Crippen molar-refractivity contribution in [3.05, 3.63) is 59.7 Å². The van der Waals surface area contributed by atoms with Crippen molar-refractivity contribution < 1.29 is 13.9 Å². The van der Waals surface area contributed by atoms with Gasteiger partial charge >= 0.3 is 0 Å². The number of anilines is 3. The van der Waals surface area contributed by atoms with E-state index in [9.17, 15) is 9.18 Å². The molecule has 35 heavy (non-hydrogen) atoms. The van der Waals surface area contributed by atoms with Gasteiger partial charge in [0.2, 0.25) is 5.91 Å². The molecule has 2 aliphatic rings. The van der Waals surface area contributed by atoms with Gasteiger partial charge in [0.05, 0.1) is 22.3 Å². The molecule has 0 spiro atoms. The van der Waals surface area contributed by atoms with E-state index < -0.39 is 5.82 Å². The second kappa shape index (κ2) is 10.6. The molecule has 2 fully saturated rings. The molecule has 5 rings (SSSR count). The Labute approximate surface area is 208 Å². The fourth-order valence-corrected chi connectivity index (χ4v) is 4.39. The van der Waals surface area contributed by atoms with Crippen LogP contribution in [-0.2, 0) is 4.79 Å². The van der Waals surface area contributed by atoms with E-state index in [1.165, 1.54) is 31.3 Å². The average molecular weight is 496 g/mol. The van der Waals surface area contributed by atoms with Gasteiger partial charge in [0.15, 0.2) is 0 Å². The molecule has 1 aromatic heterocycles. The number of hydrogen-bond acceptors (Lipinski definition) is 6. The van der Waals surface area contributed by atoms with Crippen LogP contribution < -0.4 is 15.4 Å². The first-order chi connectivity index (χ1) is 17.0. The van der Waals surface area contributed by atoms with Gasteiger partial charge in [-0.1, -0.05) is 17.7 Å². The Morgan fingerprint density at radius 3 is 2.74 bits per heavy atom. The number of ether oxygens (including phenoxy) is 1. The van der Waals surface area contributed by atoms with Gasteiger partial charge in [0, 0.05) is 29.8 Å². The van der Waals surface area contributed by atoms with E-state index in [-0.39, 0.29) is 17.0 Å². The van der Waals surface area contributed by atoms with Gasteiger partial charge in [0.25, 0.3) is 0 Å². The van der Waals surface area contributed by atoms with Gasteiger partial charge in [-0.2, -0.15) is 0 Å². The lowest BCUT2D eigenvalue weighted by molar-refractivity contribution is -0.111. The number of rotatable bonds is 8. The molecule has 0 radical (unpaired) electrons. The summed E-state index contributed by atoms with van der Waals surface area (Å²) < 4.78 is 19.8. The number of carbonyl (C=O) groups is 1. The quantitative estimate of drug-likeness (QED) is 0.391. The standard InChI is InChI=1S/C26H27ClFN5O2/c27-20-13-17(8-9-21(20)28)31-26-19-14-23(32-25(34)7-4-12-33-10-1-2-11-33)24(35-18-5-3-6-18)15-22(19)29-16-30-26/h4,7-9,13-16,18H,1-3,5-6,10-12H2,(H,32,34)(H,29,30,31). The van der Waals surface area contributed by atoms with Crippen LogP contribution in [0.3, 0.4) is 0 Å². The number of fused-ring (bicyclic) bond motifs is 1. The van der Waals surface area contributed by atoms with E-state index in [1.807, 2.05) is 18.2 Å². The average Bonchev–Trinajstić information content (AvgIpc) is 3.33. The Bertz CT molecular complexity index is 1260. The van der Waals surface area contributed by atoms with Crippen molar-refractivity contribution in [1.29, 1.82) is 0 Å². The fourth-order valence-electron chi connectivity index (χ4n) is 4.21. The van der Waals surface area contributed by atoms with E-state index in [0.29, 0.717) is 33.8 Å². The zero-order chi connectivity index (χ0) is 24.2. The lowest BCUT2D eigenvalue weighted by Crippen LogP contribution is -2.25. The van der Waals surface area contributed by atoms with E-state index in [4.69, 9.17) is 16.3 Å². The number of aromatic nitrogens is 2. The summed E-state index contributed by atoms with van der Waals surface area (Å²) in [5.74, 6) is 0.370. The Balaban J connectivity index is 1.42. The number of nitrogens with zero attached hydrogens (tertiary/aromatic N) is 3. The van der Waals surface area contributed by atoms with Crippen molar-refractivity contribution in [2.45, 2.75) is 38.2 Å². The van der Waals surface area contributed by atoms with Gasteiger partial charge < -0.3 is 15.4 Å². The molecule has 0 bridgehead atoms. The second-order valence-corrected chi connectivity index (χ2v) is 9.32. The van der Waals surface area contributed by atoms with Gasteiger partial charge in [-0.15, -0.1) is 0 Å². The third-order valence-electron chi connectivity index (χ3n) is 6.35. The Morgan fingerprint density at radius 1 is 1.17 bits per heavy atom. The summed E-state index contributed by atoms with van der Waals surface area (Å²) >= 11 is 5.93. The SMILES string of the molecule is O=C(C=CCN1CCCC1)Nc1cc2c(Nc3ccc(F)c(Cl)c3)ncnc2cc1OC1CCC1. The highest BCUT2D eigenvalue weighted by Gasteiger charge is 2.22. The lowest BCUT2D eigenvalue weighted by atomic mass is 9.96. The molecule has 3 aromatic rings. The number of likely N-dealkylation sites (tertiary alicyclic amines) is 1. The van der Waals surface area contributed by atoms with E-state index >= 15 is 0 Å². The van der Waals surface area contributed by atoms with Crippen molar-refractivity contribution in [2.24, 2.45) is 0 Å². The first-order valence-electron chi connectivity index (χ1n) is 11.9. The minimum absolute atomic E-state index is 0.0122. The van der Waals surface area contributed by atoms with Crippen LogP contribution in [0.4, 0.5) is 21.6 Å². The largest absolute Gasteiger partial charge is 0.488 e. The molecule has 2 aromatic carbocycles. The second-order valence-electron chi connectivity index (χ2n) is 8.91. The Kier molecular flexibility index (Phi) is 7.11. The van der Waals surface area contributed by atoms with Crippen molar-refractivity contribution in [1.82, 2.24) is 14.9 Å². The number of benzene rings is 2. The maximum atomic E-state index is 13.6. The minimum atomic E-state index is -0.495. The van der Waals surface area contributed by atoms with E-state index in [0.717, 1.165) is 38.9 Å². The number of halogens is 2. The van der Waals surface area contributed by atoms with Gasteiger partial charge in [0.1, 0.15) is 23.7 Å². The molecule has 0 atom stereocenters. The normalized spacial score (nSPS) is 16.5. The van der Waals surface area contributed by atoms with E-state index in [1.54, 1.807) is 12.1 Å². The summed E-state index contributed by atoms with van der Waals surface area (Å²) in [6.07, 6.45) is 10.6. The van der Waals surface area contributed by atoms with Crippen LogP contribution in [0.1, 0.15) is 32.1 Å². The predicted octanol–water partition coefficient (Wildman–Crippen LogP) is 5.69. The Hall–Kier alpha value is -3.23. The molecule has 1 amide bonds. The topological polar surface area (TPSA) is 79.4 Å². The maximum absolute atomic E-state index is 13.6. The Morgan fingerprint density at radius 2 is 2.00 bits per heavy atom. The summed E-state index contributed by atoms with van der Waals surface area (Å²) in [7, 11) is 0. The molecule has 2 heterocycles. The minimum Gasteiger partial charge on any atom is -0.488 e. The highest BCUT2D eigenvalue weighted by Crippen LogP contribution is 2.36. The first-order valence-corrected chi connectivity index (χ1v) is 12.3. The molecule has 1 aliphatic carbocycles. The molecule has 182 valence electrons. The van der Waals surface area contributed by atoms with Crippen LogP contribution in [0.15, 0.2) is 48.8 Å². The summed E-state index contributed by atoms with van der Waals surface area (Å²) in [5.41, 5.74) is 1.80. The molecular weight excluding hydrogens is 469 g/mol. The monoisotopic (exact) mass is 495 g/mol. The first kappa shape index (κ1) is 23.5. The molecular formula is C26H27ClFN5O2. The number of carbonyl (C=O) groups excluding carboxylic acids is 1. The number of hydrogen-bond donors (Lipinski definition) is 2. The van der Waals surface area contributed by atoms with Gasteiger partial charge in [-0.05, 0) is 69.5 Å². The van der Waals surface area contributed by atoms with Gasteiger partial charge in [-0.25, -0.2) is 14.4 Å². The molecule has 7 nitrogen and oxygen atoms in total. The van der Waals surface area contributed by atoms with Crippen LogP contribution in [0, 0.1) is 5.82 Å². The summed E-state index contributed by atoms with van der Waals surface area (Å²) in [5, 5.41) is 6.83. The molecule has 9 heteroatoms. The van der Waals surface area contributed by atoms with Crippen LogP contribution in [0.5, 0.6) is 5.75 Å². The third-order valence-corrected chi connectivity index (χ3v) is 6.64. The fraction of sp³-hybridized carbons (Fsp3) is 0.346. The lowest BCUT2D eigenvalue weighted by Gasteiger charge is -2.27. The van der Waals surface area contributed by atoms with Crippen molar-refractivity contribution in [2.75, 3.05) is 30.3 Å². The number of amides is 1. The van der Waals surface area contributed by atoms with Crippen LogP contribution in [0.25, 0.3) is 10.9 Å². The maximum Gasteiger partial charge on any atom is 0.248 e. The smallest absolute Gasteiger partial charge is 0.248 e. The van der Waals surface area contributed by atoms with E-state index in [2.05, 4.69) is 25.5 Å². The zero-order valence-electron chi connectivity index (χ0n) is 19.3. The van der Waals surface area contributed by atoms with Crippen LogP contribution in [-0.4, -0.2) is 46.5 Å². The summed E-state index contributed by atoms with van der Waals surface area (Å²) in [6, 6.07) is 7.99. The third kappa shape index (κ3) is 5.71. The summed E-state index contributed by atoms with van der Waals surface area (Å²) in [4.78, 5) is 23.8. The van der Waals surface area contributed by atoms with Gasteiger partial charge in [-0.3, -0.25) is 9.69 Å². The molecule has 1 saturated heterocycles. The highest BCUT2D eigenvalue weighted by molar-refractivity contribution is 6.31. The molecule has 0 unspecified atom stereocenters. The predicted molar refractivity (Wildman–Crippen MR) is 136 cm³/mol. The van der Waals surface area contributed by atoms with Crippen molar-refractivity contribution in [3.63, 3.8) is 0 Å². The highest BCUT2D eigenvalue weighted by atomic mass is 35.5.